The van der Waals surface area contributed by atoms with Gasteiger partial charge in [-0.2, -0.15) is 25.3 Å². The number of hydroxylamine groups is 10. The number of carboxylic acids is 1. The van der Waals surface area contributed by atoms with Gasteiger partial charge in [-0.05, 0) is 232 Å². The molecular formula is C123H174N6O17. The van der Waals surface area contributed by atoms with Crippen LogP contribution in [0.15, 0.2) is 243 Å². The molecule has 5 saturated heterocycles. The molecule has 0 aromatic heterocycles. The molecule has 5 aliphatic heterocycles. The Hall–Kier alpha value is -10.3. The molecule has 8 aromatic carbocycles. The van der Waals surface area contributed by atoms with Crippen LogP contribution in [0, 0.1) is 0 Å². The second-order valence-corrected chi connectivity index (χ2v) is 43.8. The molecule has 0 radical (unpaired) electrons. The summed E-state index contributed by atoms with van der Waals surface area (Å²) in [6.45, 7) is 62.8. The first-order chi connectivity index (χ1) is 69.1. The van der Waals surface area contributed by atoms with Gasteiger partial charge in [0, 0.05) is 138 Å². The monoisotopic (exact) mass is 2010 g/mol. The highest BCUT2D eigenvalue weighted by Crippen LogP contribution is 2.52. The molecule has 23 nitrogen and oxygen atoms in total. The summed E-state index contributed by atoms with van der Waals surface area (Å²) < 4.78 is 29.2. The Morgan fingerprint density at radius 2 is 0.562 bits per heavy atom. The summed E-state index contributed by atoms with van der Waals surface area (Å²) in [6.07, 6.45) is 15.9. The molecule has 1 amide bonds. The summed E-state index contributed by atoms with van der Waals surface area (Å²) in [5, 5.41) is 24.9. The van der Waals surface area contributed by atoms with E-state index in [4.69, 9.17) is 47.9 Å². The minimum Gasteiger partial charge on any atom is -0.478 e. The molecule has 10 unspecified atom stereocenters. The normalized spacial score (nSPS) is 22.0. The molecule has 0 aliphatic carbocycles. The third kappa shape index (κ3) is 29.7. The molecule has 5 aliphatic rings. The molecule has 798 valence electrons. The van der Waals surface area contributed by atoms with Gasteiger partial charge in [0.15, 0.2) is 0 Å². The average Bonchev–Trinajstić information content (AvgIpc) is 0.766. The molecule has 13 rings (SSSR count). The van der Waals surface area contributed by atoms with Gasteiger partial charge in [-0.15, -0.1) is 0 Å². The van der Waals surface area contributed by atoms with E-state index in [9.17, 15) is 33.9 Å². The third-order valence-corrected chi connectivity index (χ3v) is 31.3. The standard InChI is InChI=1S/C30H37NO3.C27H35NO5.C23H35NO3.C22H33NO3.C21H34N2O3/c1-6-30(7-2)21-25(33-28(32)27-19-13-17-24-16-11-12-18-26(24)27)20-29(4,5)31(30)34-22(3)23-14-9-8-10-15-23;1-6-27(7-2)18-21(32-25(31)23-16-12-11-15-22(23)24(29)30)17-26(4,5)28(27)33-19(3)20-13-9-8-10-14-20;1-8-23(9-2)16-20(26-21(25)17(3)4)15-22(6,7)24(23)27-18(5)19-13-11-10-12-14-19;1-7-20(24)25-19-15-21(5,6)23(22(8-2,9-3)16-19)26-17(4)18-13-11-10-12-14-18;1-7-21(8-2)15-18(25-19(24)22-6)14-20(4,5)23(21)26-16(3)17-12-10-9-11-13-17/h8-19,22,25H,6-7,20-21H2,1-5H3;8-16,19,21H,6-7,17-18H2,1-5H3,(H,29,30);10-14,18,20H,3,8-9,15-16H2,1-2,4-7H3;7,10-14,17,19H,1,8-9,15-16H2,2-6H3;9-13,16,18H,7-8,14-15H2,1-6H3,(H,22,24). The predicted molar refractivity (Wildman–Crippen MR) is 582 cm³/mol. The second-order valence-electron chi connectivity index (χ2n) is 43.8. The number of hydrogen-bond acceptors (Lipinski definition) is 21. The van der Waals surface area contributed by atoms with Crippen LogP contribution in [0.25, 0.3) is 10.8 Å². The number of amides is 1. The number of fused-ring (bicyclic) bond motifs is 1. The Bertz CT molecular complexity index is 5460. The van der Waals surface area contributed by atoms with Crippen LogP contribution in [-0.4, -0.2) is 159 Å². The SMILES string of the molecule is C=C(C)C(=O)OC1CC(C)(C)N(OC(C)c2ccccc2)C(CC)(CC)C1.C=CC(=O)OC1CC(C)(C)N(OC(C)c2ccccc2)C(CC)(CC)C1.CCC1(CC)CC(OC(=O)NC)CC(C)(C)N1OC(C)c1ccccc1.CCC1(CC)CC(OC(=O)c2cccc3ccccc23)CC(C)(C)N1OC(C)c1ccccc1.CCC1(CC)CC(OC(=O)c2ccccc2C(=O)O)CC(C)(C)N1OC(C)c1ccccc1. The maximum absolute atomic E-state index is 13.3. The van der Waals surface area contributed by atoms with Crippen LogP contribution >= 0.6 is 0 Å². The average molecular weight is 2010 g/mol. The van der Waals surface area contributed by atoms with E-state index in [0.29, 0.717) is 30.4 Å². The van der Waals surface area contributed by atoms with Gasteiger partial charge in [-0.1, -0.05) is 283 Å². The van der Waals surface area contributed by atoms with Crippen LogP contribution < -0.4 is 5.32 Å². The maximum atomic E-state index is 13.3. The quantitative estimate of drug-likeness (QED) is 0.0213. The fourth-order valence-corrected chi connectivity index (χ4v) is 23.2. The Balaban J connectivity index is 0.000000204. The summed E-state index contributed by atoms with van der Waals surface area (Å²) in [6, 6.07) is 71.3. The number of benzene rings is 8. The van der Waals surface area contributed by atoms with Crippen molar-refractivity contribution in [1.29, 1.82) is 0 Å². The highest BCUT2D eigenvalue weighted by atomic mass is 16.7. The van der Waals surface area contributed by atoms with Gasteiger partial charge in [0.25, 0.3) is 0 Å². The van der Waals surface area contributed by atoms with E-state index in [2.05, 4.69) is 278 Å². The number of ether oxygens (including phenoxy) is 5. The van der Waals surface area contributed by atoms with Crippen LogP contribution in [0.4, 0.5) is 4.79 Å². The minimum absolute atomic E-state index is 0.0376. The van der Waals surface area contributed by atoms with Crippen LogP contribution in [-0.2, 0) is 57.5 Å². The lowest BCUT2D eigenvalue weighted by Crippen LogP contribution is -2.64. The van der Waals surface area contributed by atoms with E-state index >= 15 is 0 Å². The molecule has 5 fully saturated rings. The second kappa shape index (κ2) is 52.7. The molecule has 23 heteroatoms. The summed E-state index contributed by atoms with van der Waals surface area (Å²) in [5.41, 5.74) is 4.37. The van der Waals surface area contributed by atoms with Crippen molar-refractivity contribution < 1.29 is 81.7 Å². The highest BCUT2D eigenvalue weighted by Gasteiger charge is 2.58. The number of esters is 4. The molecular weight excluding hydrogens is 1830 g/mol. The number of nitrogens with zero attached hydrogens (tertiary/aromatic N) is 5. The largest absolute Gasteiger partial charge is 0.478 e. The van der Waals surface area contributed by atoms with Crippen LogP contribution in [0.1, 0.15) is 398 Å². The van der Waals surface area contributed by atoms with E-state index < -0.39 is 17.5 Å². The van der Waals surface area contributed by atoms with E-state index in [1.807, 2.05) is 133 Å². The first kappa shape index (κ1) is 119. The first-order valence-electron chi connectivity index (χ1n) is 53.5. The number of rotatable bonds is 35. The van der Waals surface area contributed by atoms with E-state index in [1.54, 1.807) is 26.1 Å². The Labute approximate surface area is 873 Å². The number of nitrogens with one attached hydrogen (secondary N) is 1. The lowest BCUT2D eigenvalue weighted by molar-refractivity contribution is -0.323. The maximum Gasteiger partial charge on any atom is 0.407 e. The van der Waals surface area contributed by atoms with Crippen molar-refractivity contribution in [2.24, 2.45) is 0 Å². The lowest BCUT2D eigenvalue weighted by Gasteiger charge is -2.56. The summed E-state index contributed by atoms with van der Waals surface area (Å²) in [7, 11) is 1.60. The molecule has 0 spiro atoms. The Morgan fingerprint density at radius 1 is 0.329 bits per heavy atom. The smallest absolute Gasteiger partial charge is 0.407 e. The minimum atomic E-state index is -1.14. The first-order valence-corrected chi connectivity index (χ1v) is 53.5. The predicted octanol–water partition coefficient (Wildman–Crippen LogP) is 29.2. The number of piperidine rings is 5. The van der Waals surface area contributed by atoms with Gasteiger partial charge in [-0.25, -0.2) is 28.8 Å². The number of carboxylic acid groups (broad SMARTS) is 1. The number of hydrogen-bond donors (Lipinski definition) is 2. The van der Waals surface area contributed by atoms with Gasteiger partial charge in [0.05, 0.1) is 16.7 Å². The van der Waals surface area contributed by atoms with Crippen molar-refractivity contribution in [2.45, 2.75) is 425 Å². The van der Waals surface area contributed by atoms with Gasteiger partial charge < -0.3 is 34.1 Å². The van der Waals surface area contributed by atoms with Gasteiger partial charge >= 0.3 is 35.9 Å². The summed E-state index contributed by atoms with van der Waals surface area (Å²) in [5.74, 6) is -2.63. The van der Waals surface area contributed by atoms with Gasteiger partial charge in [-0.3, -0.25) is 24.2 Å². The van der Waals surface area contributed by atoms with Crippen LogP contribution in [0.3, 0.4) is 0 Å². The van der Waals surface area contributed by atoms with Crippen molar-refractivity contribution in [1.82, 2.24) is 30.6 Å². The number of carbonyl (C=O) groups is 6. The third-order valence-electron chi connectivity index (χ3n) is 31.3. The zero-order valence-corrected chi connectivity index (χ0v) is 92.9. The fraction of sp³-hybridized carbons (Fsp3) is 0.545. The van der Waals surface area contributed by atoms with Crippen molar-refractivity contribution in [3.8, 4) is 0 Å². The van der Waals surface area contributed by atoms with Gasteiger partial charge in [0.1, 0.15) is 61.0 Å². The molecule has 0 bridgehead atoms. The number of carbonyl (C=O) groups excluding carboxylic acids is 5. The number of aromatic carboxylic acids is 1. The van der Waals surface area contributed by atoms with E-state index in [1.165, 1.54) is 18.2 Å². The topological polar surface area (TPSA) is 243 Å². The fourth-order valence-electron chi connectivity index (χ4n) is 23.2. The molecule has 5 heterocycles. The Morgan fingerprint density at radius 3 is 0.829 bits per heavy atom. The zero-order chi connectivity index (χ0) is 108. The Kier molecular flexibility index (Phi) is 43.1. The van der Waals surface area contributed by atoms with Crippen LogP contribution in [0.5, 0.6) is 0 Å². The highest BCUT2D eigenvalue weighted by molar-refractivity contribution is 6.05. The van der Waals surface area contributed by atoms with E-state index in [0.717, 1.165) is 148 Å². The lowest BCUT2D eigenvalue weighted by atomic mass is 9.75. The molecule has 0 saturated carbocycles. The van der Waals surface area contributed by atoms with Crippen LogP contribution in [0.2, 0.25) is 0 Å². The number of alkyl carbamates (subject to hydrolysis) is 1. The van der Waals surface area contributed by atoms with Gasteiger partial charge in [0.2, 0.25) is 0 Å². The summed E-state index contributed by atoms with van der Waals surface area (Å²) in [4.78, 5) is 106. The molecule has 146 heavy (non-hydrogen) atoms. The van der Waals surface area contributed by atoms with Crippen molar-refractivity contribution in [2.75, 3.05) is 7.05 Å². The summed E-state index contributed by atoms with van der Waals surface area (Å²) >= 11 is 0. The molecule has 8 aromatic rings. The molecule has 10 atom stereocenters. The molecule has 2 N–H and O–H groups in total. The van der Waals surface area contributed by atoms with E-state index in [-0.39, 0.29) is 146 Å². The van der Waals surface area contributed by atoms with Crippen molar-refractivity contribution >= 4 is 46.7 Å². The van der Waals surface area contributed by atoms with Crippen molar-refractivity contribution in [3.63, 3.8) is 0 Å². The van der Waals surface area contributed by atoms with Crippen molar-refractivity contribution in [3.05, 3.63) is 288 Å². The zero-order valence-electron chi connectivity index (χ0n) is 92.9.